The zero-order valence-corrected chi connectivity index (χ0v) is 17.9. The van der Waals surface area contributed by atoms with Crippen LogP contribution in [0, 0.1) is 0 Å². The molecule has 1 fully saturated rings. The van der Waals surface area contributed by atoms with Crippen LogP contribution >= 0.6 is 0 Å². The summed E-state index contributed by atoms with van der Waals surface area (Å²) in [5.41, 5.74) is 1.89. The Hall–Kier alpha value is -2.69. The predicted molar refractivity (Wildman–Crippen MR) is 116 cm³/mol. The number of ether oxygens (including phenoxy) is 2. The van der Waals surface area contributed by atoms with Gasteiger partial charge >= 0.3 is 6.09 Å². The fourth-order valence-corrected chi connectivity index (χ4v) is 3.49. The Balaban J connectivity index is 1.48. The van der Waals surface area contributed by atoms with Crippen LogP contribution in [0.2, 0.25) is 0 Å². The Kier molecular flexibility index (Phi) is 6.68. The van der Waals surface area contributed by atoms with Gasteiger partial charge in [0.2, 0.25) is 0 Å². The zero-order valence-electron chi connectivity index (χ0n) is 17.9. The summed E-state index contributed by atoms with van der Waals surface area (Å²) in [7, 11) is 1.84. The quantitative estimate of drug-likeness (QED) is 0.705. The number of piperidine rings is 1. The molecule has 0 radical (unpaired) electrons. The van der Waals surface area contributed by atoms with Gasteiger partial charge < -0.3 is 19.3 Å². The Labute approximate surface area is 174 Å². The molecule has 0 saturated carbocycles. The van der Waals surface area contributed by atoms with E-state index < -0.39 is 5.60 Å². The largest absolute Gasteiger partial charge is 0.489 e. The first-order valence-corrected chi connectivity index (χ1v) is 10.3. The number of hydrogen-bond donors (Lipinski definition) is 0. The molecular formula is C24H32N2O3. The second-order valence-corrected chi connectivity index (χ2v) is 8.58. The lowest BCUT2D eigenvalue weighted by molar-refractivity contribution is 0.0201. The van der Waals surface area contributed by atoms with Crippen LogP contribution < -0.4 is 9.64 Å². The van der Waals surface area contributed by atoms with E-state index in [2.05, 4.69) is 29.2 Å². The first-order valence-electron chi connectivity index (χ1n) is 10.3. The number of carbonyl (C=O) groups is 1. The molecule has 5 nitrogen and oxygen atoms in total. The molecule has 1 saturated heterocycles. The van der Waals surface area contributed by atoms with Crippen molar-refractivity contribution in [1.82, 2.24) is 4.90 Å². The van der Waals surface area contributed by atoms with Gasteiger partial charge in [-0.1, -0.05) is 30.3 Å². The summed E-state index contributed by atoms with van der Waals surface area (Å²) in [4.78, 5) is 16.4. The molecule has 2 aromatic rings. The monoisotopic (exact) mass is 396 g/mol. The highest BCUT2D eigenvalue weighted by Gasteiger charge is 2.28. The molecule has 0 bridgehead atoms. The van der Waals surface area contributed by atoms with Gasteiger partial charge in [0.15, 0.2) is 0 Å². The molecule has 3 rings (SSSR count). The third-order valence-electron chi connectivity index (χ3n) is 5.14. The molecule has 1 aliphatic heterocycles. The smallest absolute Gasteiger partial charge is 0.410 e. The van der Waals surface area contributed by atoms with Gasteiger partial charge in [-0.05, 0) is 63.4 Å². The maximum Gasteiger partial charge on any atom is 0.410 e. The molecular weight excluding hydrogens is 364 g/mol. The van der Waals surface area contributed by atoms with Crippen LogP contribution in [0.15, 0.2) is 54.6 Å². The van der Waals surface area contributed by atoms with Crippen molar-refractivity contribution in [1.29, 1.82) is 0 Å². The van der Waals surface area contributed by atoms with Crippen LogP contribution in [-0.2, 0) is 11.3 Å². The van der Waals surface area contributed by atoms with E-state index in [0.717, 1.165) is 37.2 Å². The number of anilines is 1. The molecule has 29 heavy (non-hydrogen) atoms. The summed E-state index contributed by atoms with van der Waals surface area (Å²) < 4.78 is 11.4. The van der Waals surface area contributed by atoms with Gasteiger partial charge in [-0.2, -0.15) is 0 Å². The van der Waals surface area contributed by atoms with Crippen LogP contribution in [0.1, 0.15) is 39.2 Å². The molecule has 1 aliphatic rings. The van der Waals surface area contributed by atoms with Gasteiger partial charge in [0.05, 0.1) is 0 Å². The zero-order chi connectivity index (χ0) is 20.9. The Bertz CT molecular complexity index is 776. The van der Waals surface area contributed by atoms with Crippen molar-refractivity contribution < 1.29 is 14.3 Å². The maximum atomic E-state index is 12.3. The summed E-state index contributed by atoms with van der Waals surface area (Å²) in [5, 5.41) is 0. The van der Waals surface area contributed by atoms with Crippen LogP contribution in [0.25, 0.3) is 0 Å². The molecule has 156 valence electrons. The summed E-state index contributed by atoms with van der Waals surface area (Å²) in [5.74, 6) is 0.872. The Morgan fingerprint density at radius 2 is 1.66 bits per heavy atom. The van der Waals surface area contributed by atoms with E-state index in [1.807, 2.05) is 58.2 Å². The van der Waals surface area contributed by atoms with Crippen molar-refractivity contribution in [3.05, 3.63) is 60.2 Å². The Morgan fingerprint density at radius 3 is 2.24 bits per heavy atom. The van der Waals surface area contributed by atoms with E-state index in [4.69, 9.17) is 9.47 Å². The van der Waals surface area contributed by atoms with Crippen molar-refractivity contribution in [2.75, 3.05) is 25.0 Å². The van der Waals surface area contributed by atoms with Crippen molar-refractivity contribution in [2.45, 2.75) is 51.9 Å². The molecule has 2 aromatic carbocycles. The average molecular weight is 397 g/mol. The lowest BCUT2D eigenvalue weighted by atomic mass is 10.0. The molecule has 1 amide bonds. The second-order valence-electron chi connectivity index (χ2n) is 8.58. The van der Waals surface area contributed by atoms with Gasteiger partial charge in [-0.25, -0.2) is 4.79 Å². The number of carbonyl (C=O) groups excluding carboxylic acids is 1. The predicted octanol–water partition coefficient (Wildman–Crippen LogP) is 5.10. The Morgan fingerprint density at radius 1 is 1.03 bits per heavy atom. The third-order valence-corrected chi connectivity index (χ3v) is 5.14. The third kappa shape index (κ3) is 6.14. The number of nitrogens with zero attached hydrogens (tertiary/aromatic N) is 2. The van der Waals surface area contributed by atoms with E-state index in [0.29, 0.717) is 6.61 Å². The molecule has 5 heteroatoms. The van der Waals surface area contributed by atoms with Gasteiger partial charge in [-0.3, -0.25) is 0 Å². The van der Waals surface area contributed by atoms with Gasteiger partial charge in [0.25, 0.3) is 0 Å². The minimum Gasteiger partial charge on any atom is -0.489 e. The molecule has 0 aliphatic carbocycles. The molecule has 0 N–H and O–H groups in total. The molecule has 0 aromatic heterocycles. The van der Waals surface area contributed by atoms with Crippen molar-refractivity contribution in [2.24, 2.45) is 0 Å². The van der Waals surface area contributed by atoms with E-state index in [-0.39, 0.29) is 12.1 Å². The minimum atomic E-state index is -0.462. The number of rotatable bonds is 5. The highest BCUT2D eigenvalue weighted by Crippen LogP contribution is 2.25. The summed E-state index contributed by atoms with van der Waals surface area (Å²) in [6.45, 7) is 8.10. The van der Waals surface area contributed by atoms with Crippen molar-refractivity contribution in [3.8, 4) is 5.75 Å². The maximum absolute atomic E-state index is 12.3. The SMILES string of the molecule is CN(C(=O)OC(C)(C)C)C1CCN(c2ccc(OCc3ccccc3)cc2)CC1. The lowest BCUT2D eigenvalue weighted by Gasteiger charge is -2.38. The second kappa shape index (κ2) is 9.21. The van der Waals surface area contributed by atoms with Crippen LogP contribution in [-0.4, -0.2) is 42.8 Å². The van der Waals surface area contributed by atoms with Gasteiger partial charge in [0, 0.05) is 31.9 Å². The minimum absolute atomic E-state index is 0.217. The van der Waals surface area contributed by atoms with Crippen LogP contribution in [0.3, 0.4) is 0 Å². The van der Waals surface area contributed by atoms with E-state index in [1.165, 1.54) is 5.69 Å². The van der Waals surface area contributed by atoms with E-state index in [9.17, 15) is 4.79 Å². The fourth-order valence-electron chi connectivity index (χ4n) is 3.49. The van der Waals surface area contributed by atoms with Crippen LogP contribution in [0.5, 0.6) is 5.75 Å². The highest BCUT2D eigenvalue weighted by molar-refractivity contribution is 5.68. The first-order chi connectivity index (χ1) is 13.8. The first kappa shape index (κ1) is 21.0. The normalized spacial score (nSPS) is 15.1. The molecule has 0 unspecified atom stereocenters. The number of amides is 1. The average Bonchev–Trinajstić information content (AvgIpc) is 2.72. The van der Waals surface area contributed by atoms with E-state index >= 15 is 0 Å². The van der Waals surface area contributed by atoms with Crippen molar-refractivity contribution in [3.63, 3.8) is 0 Å². The summed E-state index contributed by atoms with van der Waals surface area (Å²) in [6, 6.07) is 18.7. The van der Waals surface area contributed by atoms with Crippen LogP contribution in [0.4, 0.5) is 10.5 Å². The summed E-state index contributed by atoms with van der Waals surface area (Å²) in [6.07, 6.45) is 1.63. The van der Waals surface area contributed by atoms with Gasteiger partial charge in [-0.15, -0.1) is 0 Å². The molecule has 0 atom stereocenters. The lowest BCUT2D eigenvalue weighted by Crippen LogP contribution is -2.47. The summed E-state index contributed by atoms with van der Waals surface area (Å²) >= 11 is 0. The number of benzene rings is 2. The number of hydrogen-bond acceptors (Lipinski definition) is 4. The van der Waals surface area contributed by atoms with Gasteiger partial charge in [0.1, 0.15) is 18.0 Å². The standard InChI is InChI=1S/C24H32N2O3/c1-24(2,3)29-23(27)25(4)20-14-16-26(17-15-20)21-10-12-22(13-11-21)28-18-19-8-6-5-7-9-19/h5-13,20H,14-18H2,1-4H3. The molecule has 1 heterocycles. The molecule has 0 spiro atoms. The van der Waals surface area contributed by atoms with E-state index in [1.54, 1.807) is 4.90 Å². The highest BCUT2D eigenvalue weighted by atomic mass is 16.6. The topological polar surface area (TPSA) is 42.0 Å². The fraction of sp³-hybridized carbons (Fsp3) is 0.458. The van der Waals surface area contributed by atoms with Crippen molar-refractivity contribution >= 4 is 11.8 Å².